The number of halogens is 1. The minimum Gasteiger partial charge on any atom is -0.462 e. The largest absolute Gasteiger partial charge is 0.462 e. The number of nitrogens with one attached hydrogen (secondary N) is 1. The summed E-state index contributed by atoms with van der Waals surface area (Å²) in [5.74, 6) is -0.912. The first-order valence-corrected chi connectivity index (χ1v) is 11.6. The highest BCUT2D eigenvalue weighted by atomic mass is 35.5. The average molecular weight is 466 g/mol. The normalized spacial score (nSPS) is 16.6. The number of benzene rings is 2. The van der Waals surface area contributed by atoms with Crippen LogP contribution in [0, 0.1) is 0 Å². The Morgan fingerprint density at radius 3 is 2.42 bits per heavy atom. The van der Waals surface area contributed by atoms with Gasteiger partial charge in [0, 0.05) is 30.3 Å². The van der Waals surface area contributed by atoms with Crippen LogP contribution in [-0.2, 0) is 26.3 Å². The minimum absolute atomic E-state index is 0.148. The zero-order valence-corrected chi connectivity index (χ0v) is 18.7. The van der Waals surface area contributed by atoms with E-state index in [2.05, 4.69) is 5.32 Å². The molecule has 0 bridgehead atoms. The van der Waals surface area contributed by atoms with E-state index in [9.17, 15) is 18.0 Å². The van der Waals surface area contributed by atoms with E-state index in [0.29, 0.717) is 34.8 Å². The third-order valence-electron chi connectivity index (χ3n) is 4.77. The molecule has 3 rings (SSSR count). The SMILES string of the molecule is CCOC(=O)c1ccc(NC(=O)CN2CCCN(Cc3ccccc3Cl)S2(=O)=O)cc1. The third-order valence-corrected chi connectivity index (χ3v) is 7.07. The van der Waals surface area contributed by atoms with Crippen LogP contribution in [0.5, 0.6) is 0 Å². The standard InChI is InChI=1S/C21H24ClN3O5S/c1-2-30-21(27)16-8-10-18(11-9-16)23-20(26)15-25-13-5-12-24(31(25,28)29)14-17-6-3-4-7-19(17)22/h3-4,6-11H,2,5,12-15H2,1H3,(H,23,26). The van der Waals surface area contributed by atoms with Crippen molar-refractivity contribution in [2.24, 2.45) is 0 Å². The molecule has 1 aliphatic rings. The van der Waals surface area contributed by atoms with E-state index in [4.69, 9.17) is 16.3 Å². The molecule has 0 atom stereocenters. The van der Waals surface area contributed by atoms with Crippen LogP contribution in [-0.4, -0.2) is 55.1 Å². The van der Waals surface area contributed by atoms with Crippen molar-refractivity contribution in [2.75, 3.05) is 31.6 Å². The molecule has 0 unspecified atom stereocenters. The van der Waals surface area contributed by atoms with Gasteiger partial charge in [-0.15, -0.1) is 0 Å². The topological polar surface area (TPSA) is 96.0 Å². The van der Waals surface area contributed by atoms with Gasteiger partial charge in [0.25, 0.3) is 10.2 Å². The fourth-order valence-corrected chi connectivity index (χ4v) is 5.04. The van der Waals surface area contributed by atoms with Gasteiger partial charge >= 0.3 is 5.97 Å². The summed E-state index contributed by atoms with van der Waals surface area (Å²) in [6, 6.07) is 13.3. The summed E-state index contributed by atoms with van der Waals surface area (Å²) in [4.78, 5) is 24.2. The summed E-state index contributed by atoms with van der Waals surface area (Å²) >= 11 is 6.17. The summed E-state index contributed by atoms with van der Waals surface area (Å²) in [5, 5.41) is 3.16. The van der Waals surface area contributed by atoms with Gasteiger partial charge in [0.05, 0.1) is 18.7 Å². The number of amides is 1. The molecular weight excluding hydrogens is 442 g/mol. The lowest BCUT2D eigenvalue weighted by Crippen LogP contribution is -2.51. The second-order valence-electron chi connectivity index (χ2n) is 6.97. The van der Waals surface area contributed by atoms with E-state index in [1.807, 2.05) is 0 Å². The fraction of sp³-hybridized carbons (Fsp3) is 0.333. The van der Waals surface area contributed by atoms with E-state index in [1.54, 1.807) is 43.3 Å². The van der Waals surface area contributed by atoms with Gasteiger partial charge in [0.1, 0.15) is 0 Å². The Morgan fingerprint density at radius 2 is 1.74 bits per heavy atom. The van der Waals surface area contributed by atoms with E-state index in [-0.39, 0.29) is 26.2 Å². The number of nitrogens with zero attached hydrogens (tertiary/aromatic N) is 2. The van der Waals surface area contributed by atoms with Gasteiger partial charge in [-0.25, -0.2) is 4.79 Å². The maximum atomic E-state index is 13.0. The predicted molar refractivity (Wildman–Crippen MR) is 118 cm³/mol. The third kappa shape index (κ3) is 5.82. The zero-order chi connectivity index (χ0) is 22.4. The molecular formula is C21H24ClN3O5S. The first-order valence-electron chi connectivity index (χ1n) is 9.87. The van der Waals surface area contributed by atoms with Crippen LogP contribution < -0.4 is 5.32 Å². The predicted octanol–water partition coefficient (Wildman–Crippen LogP) is 2.91. The molecule has 2 aromatic carbocycles. The molecule has 1 amide bonds. The number of carbonyl (C=O) groups is 2. The molecule has 2 aromatic rings. The van der Waals surface area contributed by atoms with Crippen LogP contribution in [0.4, 0.5) is 5.69 Å². The number of ether oxygens (including phenoxy) is 1. The highest BCUT2D eigenvalue weighted by Crippen LogP contribution is 2.23. The Morgan fingerprint density at radius 1 is 1.06 bits per heavy atom. The summed E-state index contributed by atoms with van der Waals surface area (Å²) in [6.45, 7) is 2.46. The van der Waals surface area contributed by atoms with Crippen molar-refractivity contribution in [1.82, 2.24) is 8.61 Å². The summed E-state index contributed by atoms with van der Waals surface area (Å²) in [6.07, 6.45) is 0.602. The van der Waals surface area contributed by atoms with Gasteiger partial charge in [0.2, 0.25) is 5.91 Å². The van der Waals surface area contributed by atoms with Crippen LogP contribution in [0.25, 0.3) is 0 Å². The van der Waals surface area contributed by atoms with Crippen molar-refractivity contribution in [1.29, 1.82) is 0 Å². The van der Waals surface area contributed by atoms with E-state index >= 15 is 0 Å². The summed E-state index contributed by atoms with van der Waals surface area (Å²) < 4.78 is 33.4. The molecule has 31 heavy (non-hydrogen) atoms. The van der Waals surface area contributed by atoms with Crippen LogP contribution in [0.1, 0.15) is 29.3 Å². The molecule has 0 aromatic heterocycles. The summed E-state index contributed by atoms with van der Waals surface area (Å²) in [7, 11) is -3.80. The van der Waals surface area contributed by atoms with Gasteiger partial charge in [-0.05, 0) is 49.2 Å². The van der Waals surface area contributed by atoms with Crippen LogP contribution in [0.15, 0.2) is 48.5 Å². The zero-order valence-electron chi connectivity index (χ0n) is 17.1. The Bertz CT molecular complexity index is 1040. The van der Waals surface area contributed by atoms with Crippen molar-refractivity contribution in [3.8, 4) is 0 Å². The maximum absolute atomic E-state index is 13.0. The monoisotopic (exact) mass is 465 g/mol. The lowest BCUT2D eigenvalue weighted by atomic mass is 10.2. The maximum Gasteiger partial charge on any atom is 0.338 e. The van der Waals surface area contributed by atoms with Crippen molar-refractivity contribution >= 4 is 39.4 Å². The second-order valence-corrected chi connectivity index (χ2v) is 9.30. The molecule has 0 radical (unpaired) electrons. The van der Waals surface area contributed by atoms with Crippen LogP contribution >= 0.6 is 11.6 Å². The van der Waals surface area contributed by atoms with Gasteiger partial charge < -0.3 is 10.1 Å². The molecule has 10 heteroatoms. The first-order chi connectivity index (χ1) is 14.8. The van der Waals surface area contributed by atoms with E-state index < -0.39 is 22.1 Å². The summed E-state index contributed by atoms with van der Waals surface area (Å²) in [5.41, 5.74) is 1.54. The van der Waals surface area contributed by atoms with Gasteiger partial charge in [-0.3, -0.25) is 4.79 Å². The molecule has 0 aliphatic carbocycles. The molecule has 1 saturated heterocycles. The van der Waals surface area contributed by atoms with Crippen LogP contribution in [0.3, 0.4) is 0 Å². The van der Waals surface area contributed by atoms with Gasteiger partial charge in [-0.1, -0.05) is 29.8 Å². The molecule has 1 fully saturated rings. The lowest BCUT2D eigenvalue weighted by molar-refractivity contribution is -0.116. The van der Waals surface area contributed by atoms with Crippen molar-refractivity contribution < 1.29 is 22.7 Å². The Hall–Kier alpha value is -2.46. The number of hydrogen-bond acceptors (Lipinski definition) is 5. The quantitative estimate of drug-likeness (QED) is 0.634. The highest BCUT2D eigenvalue weighted by Gasteiger charge is 2.35. The fourth-order valence-electron chi connectivity index (χ4n) is 3.22. The number of carbonyl (C=O) groups excluding carboxylic acids is 2. The average Bonchev–Trinajstić information content (AvgIpc) is 2.73. The van der Waals surface area contributed by atoms with E-state index in [0.717, 1.165) is 4.31 Å². The number of esters is 1. The molecule has 0 saturated carbocycles. The lowest BCUT2D eigenvalue weighted by Gasteiger charge is -2.34. The first kappa shape index (κ1) is 23.2. The van der Waals surface area contributed by atoms with Crippen molar-refractivity contribution in [2.45, 2.75) is 19.9 Å². The van der Waals surface area contributed by atoms with Gasteiger partial charge in [0.15, 0.2) is 0 Å². The number of rotatable bonds is 7. The molecule has 1 heterocycles. The molecule has 0 spiro atoms. The molecule has 166 valence electrons. The van der Waals surface area contributed by atoms with Gasteiger partial charge in [-0.2, -0.15) is 17.0 Å². The molecule has 1 aliphatic heterocycles. The Balaban J connectivity index is 1.62. The molecule has 1 N–H and O–H groups in total. The smallest absolute Gasteiger partial charge is 0.338 e. The second kappa shape index (κ2) is 10.2. The van der Waals surface area contributed by atoms with Crippen molar-refractivity contribution in [3.05, 3.63) is 64.7 Å². The highest BCUT2D eigenvalue weighted by molar-refractivity contribution is 7.86. The number of anilines is 1. The number of hydrogen-bond donors (Lipinski definition) is 1. The van der Waals surface area contributed by atoms with Crippen molar-refractivity contribution in [3.63, 3.8) is 0 Å². The molecule has 8 nitrogen and oxygen atoms in total. The minimum atomic E-state index is -3.80. The Kier molecular flexibility index (Phi) is 7.66. The van der Waals surface area contributed by atoms with E-state index in [1.165, 1.54) is 16.4 Å². The Labute approximate surface area is 186 Å². The van der Waals surface area contributed by atoms with Crippen LogP contribution in [0.2, 0.25) is 5.02 Å².